The summed E-state index contributed by atoms with van der Waals surface area (Å²) in [4.78, 5) is 26.1. The van der Waals surface area contributed by atoms with Gasteiger partial charge in [0.05, 0.1) is 43.2 Å². The van der Waals surface area contributed by atoms with Crippen molar-refractivity contribution >= 4 is 23.4 Å². The van der Waals surface area contributed by atoms with Crippen LogP contribution in [0.3, 0.4) is 0 Å². The van der Waals surface area contributed by atoms with Gasteiger partial charge in [0.1, 0.15) is 18.1 Å². The summed E-state index contributed by atoms with van der Waals surface area (Å²) in [5.74, 6) is -0.768. The third-order valence-electron chi connectivity index (χ3n) is 5.32. The SMILES string of the molecule is CC(=O)NCC1CN(c2ccc(N3CCC(n4ccnn4)C(F)C3)c(F)c2)C(=O)O1. The number of cyclic esters (lactones) is 1. The summed E-state index contributed by atoms with van der Waals surface area (Å²) < 4.78 is 36.2. The number of carbonyl (C=O) groups excluding carboxylic acids is 2. The molecule has 3 heterocycles. The van der Waals surface area contributed by atoms with Crippen LogP contribution in [0.4, 0.5) is 25.0 Å². The highest BCUT2D eigenvalue weighted by Gasteiger charge is 2.34. The average Bonchev–Trinajstić information content (AvgIpc) is 3.36. The predicted octanol–water partition coefficient (Wildman–Crippen LogP) is 1.67. The minimum atomic E-state index is -1.22. The number of amides is 2. The molecule has 1 N–H and O–H groups in total. The third-order valence-corrected chi connectivity index (χ3v) is 5.32. The van der Waals surface area contributed by atoms with Crippen LogP contribution in [0.5, 0.6) is 0 Å². The number of halogens is 2. The summed E-state index contributed by atoms with van der Waals surface area (Å²) >= 11 is 0. The molecule has 160 valence electrons. The molecule has 2 fully saturated rings. The van der Waals surface area contributed by atoms with Gasteiger partial charge in [0, 0.05) is 19.7 Å². The Labute approximate surface area is 171 Å². The molecule has 2 aliphatic rings. The van der Waals surface area contributed by atoms with Gasteiger partial charge in [0.2, 0.25) is 5.91 Å². The van der Waals surface area contributed by atoms with E-state index in [0.29, 0.717) is 18.7 Å². The lowest BCUT2D eigenvalue weighted by molar-refractivity contribution is -0.119. The molecule has 9 nitrogen and oxygen atoms in total. The Hall–Kier alpha value is -3.24. The van der Waals surface area contributed by atoms with Crippen LogP contribution in [-0.2, 0) is 9.53 Å². The highest BCUT2D eigenvalue weighted by atomic mass is 19.1. The standard InChI is InChI=1S/C19H22F2N6O3/c1-12(28)22-9-14-10-26(19(29)30-14)13-2-3-17(15(20)8-13)25-6-4-18(16(21)11-25)27-7-5-23-24-27/h2-3,5,7-8,14,16,18H,4,6,9-11H2,1H3,(H,22,28). The number of nitrogens with one attached hydrogen (secondary N) is 1. The van der Waals surface area contributed by atoms with Crippen molar-refractivity contribution in [3.8, 4) is 0 Å². The molecule has 2 aliphatic heterocycles. The molecule has 3 unspecified atom stereocenters. The maximum atomic E-state index is 14.8. The number of ether oxygens (including phenoxy) is 1. The normalized spacial score (nSPS) is 24.1. The Morgan fingerprint density at radius 3 is 2.87 bits per heavy atom. The van der Waals surface area contributed by atoms with Gasteiger partial charge in [0.25, 0.3) is 0 Å². The van der Waals surface area contributed by atoms with Crippen molar-refractivity contribution in [2.24, 2.45) is 0 Å². The van der Waals surface area contributed by atoms with Crippen LogP contribution >= 0.6 is 0 Å². The number of aromatic nitrogens is 3. The number of carbonyl (C=O) groups is 2. The van der Waals surface area contributed by atoms with Crippen molar-refractivity contribution in [2.45, 2.75) is 31.7 Å². The zero-order chi connectivity index (χ0) is 21.3. The van der Waals surface area contributed by atoms with Crippen LogP contribution in [0.15, 0.2) is 30.6 Å². The molecule has 2 aromatic rings. The smallest absolute Gasteiger partial charge is 0.414 e. The molecule has 3 atom stereocenters. The molecule has 0 bridgehead atoms. The number of rotatable bonds is 5. The third kappa shape index (κ3) is 4.05. The van der Waals surface area contributed by atoms with E-state index in [4.69, 9.17) is 4.74 Å². The molecule has 30 heavy (non-hydrogen) atoms. The summed E-state index contributed by atoms with van der Waals surface area (Å²) in [5, 5.41) is 10.2. The molecule has 0 radical (unpaired) electrons. The Morgan fingerprint density at radius 1 is 1.37 bits per heavy atom. The second-order valence-electron chi connectivity index (χ2n) is 7.39. The quantitative estimate of drug-likeness (QED) is 0.791. The fraction of sp³-hybridized carbons (Fsp3) is 0.474. The second kappa shape index (κ2) is 8.25. The van der Waals surface area contributed by atoms with Gasteiger partial charge < -0.3 is 15.0 Å². The van der Waals surface area contributed by atoms with E-state index in [1.807, 2.05) is 0 Å². The number of hydrogen-bond donors (Lipinski definition) is 1. The minimum Gasteiger partial charge on any atom is -0.442 e. The van der Waals surface area contributed by atoms with Crippen molar-refractivity contribution < 1.29 is 23.1 Å². The fourth-order valence-electron chi connectivity index (χ4n) is 3.82. The van der Waals surface area contributed by atoms with Gasteiger partial charge in [-0.05, 0) is 24.6 Å². The van der Waals surface area contributed by atoms with Gasteiger partial charge in [-0.3, -0.25) is 9.69 Å². The van der Waals surface area contributed by atoms with E-state index in [9.17, 15) is 18.4 Å². The van der Waals surface area contributed by atoms with Crippen LogP contribution < -0.4 is 15.1 Å². The molecule has 0 saturated carbocycles. The maximum absolute atomic E-state index is 14.8. The van der Waals surface area contributed by atoms with Crippen LogP contribution in [0.2, 0.25) is 0 Å². The van der Waals surface area contributed by atoms with Crippen molar-refractivity contribution in [2.75, 3.05) is 36.0 Å². The molecule has 2 saturated heterocycles. The van der Waals surface area contributed by atoms with Crippen molar-refractivity contribution in [1.82, 2.24) is 20.3 Å². The van der Waals surface area contributed by atoms with Gasteiger partial charge >= 0.3 is 6.09 Å². The van der Waals surface area contributed by atoms with Crippen molar-refractivity contribution in [3.63, 3.8) is 0 Å². The molecule has 4 rings (SSSR count). The van der Waals surface area contributed by atoms with Gasteiger partial charge in [-0.15, -0.1) is 5.10 Å². The number of hydrogen-bond acceptors (Lipinski definition) is 6. The highest BCUT2D eigenvalue weighted by molar-refractivity contribution is 5.90. The van der Waals surface area contributed by atoms with Crippen molar-refractivity contribution in [3.05, 3.63) is 36.4 Å². The number of piperidine rings is 1. The van der Waals surface area contributed by atoms with Crippen molar-refractivity contribution in [1.29, 1.82) is 0 Å². The molecule has 2 amide bonds. The van der Waals surface area contributed by atoms with Crippen LogP contribution in [-0.4, -0.2) is 65.4 Å². The van der Waals surface area contributed by atoms with Gasteiger partial charge in [-0.25, -0.2) is 18.3 Å². The van der Waals surface area contributed by atoms with E-state index in [-0.39, 0.29) is 31.2 Å². The summed E-state index contributed by atoms with van der Waals surface area (Å²) in [6.45, 7) is 2.26. The molecular weight excluding hydrogens is 398 g/mol. The Balaban J connectivity index is 1.42. The van der Waals surface area contributed by atoms with Gasteiger partial charge in [-0.2, -0.15) is 0 Å². The second-order valence-corrected chi connectivity index (χ2v) is 7.39. The first-order valence-corrected chi connectivity index (χ1v) is 9.69. The summed E-state index contributed by atoms with van der Waals surface area (Å²) in [6.07, 6.45) is 1.26. The number of nitrogens with zero attached hydrogens (tertiary/aromatic N) is 5. The molecule has 0 spiro atoms. The summed E-state index contributed by atoms with van der Waals surface area (Å²) in [6, 6.07) is 3.97. The highest BCUT2D eigenvalue weighted by Crippen LogP contribution is 2.32. The molecule has 11 heteroatoms. The van der Waals surface area contributed by atoms with Crippen LogP contribution in [0.25, 0.3) is 0 Å². The first-order valence-electron chi connectivity index (χ1n) is 9.69. The van der Waals surface area contributed by atoms with E-state index in [0.717, 1.165) is 0 Å². The van der Waals surface area contributed by atoms with E-state index < -0.39 is 30.2 Å². The van der Waals surface area contributed by atoms with E-state index in [1.54, 1.807) is 23.2 Å². The fourth-order valence-corrected chi connectivity index (χ4v) is 3.82. The van der Waals surface area contributed by atoms with E-state index in [1.165, 1.54) is 28.8 Å². The lowest BCUT2D eigenvalue weighted by Gasteiger charge is -2.36. The maximum Gasteiger partial charge on any atom is 0.414 e. The molecule has 1 aromatic heterocycles. The van der Waals surface area contributed by atoms with Gasteiger partial charge in [0.15, 0.2) is 0 Å². The Bertz CT molecular complexity index is 925. The topological polar surface area (TPSA) is 92.6 Å². The summed E-state index contributed by atoms with van der Waals surface area (Å²) in [5.41, 5.74) is 0.627. The summed E-state index contributed by atoms with van der Waals surface area (Å²) in [7, 11) is 0. The largest absolute Gasteiger partial charge is 0.442 e. The lowest BCUT2D eigenvalue weighted by atomic mass is 10.0. The van der Waals surface area contributed by atoms with E-state index in [2.05, 4.69) is 15.6 Å². The monoisotopic (exact) mass is 420 g/mol. The average molecular weight is 420 g/mol. The Morgan fingerprint density at radius 2 is 2.20 bits per heavy atom. The first-order chi connectivity index (χ1) is 14.4. The van der Waals surface area contributed by atoms with Crippen LogP contribution in [0.1, 0.15) is 19.4 Å². The van der Waals surface area contributed by atoms with Gasteiger partial charge in [-0.1, -0.05) is 5.21 Å². The minimum absolute atomic E-state index is 0.0331. The Kier molecular flexibility index (Phi) is 5.51. The molecule has 1 aromatic carbocycles. The first kappa shape index (κ1) is 20.0. The zero-order valence-electron chi connectivity index (χ0n) is 16.4. The lowest BCUT2D eigenvalue weighted by Crippen LogP contribution is -2.43. The number of alkyl halides is 1. The van der Waals surface area contributed by atoms with E-state index >= 15 is 0 Å². The number of anilines is 2. The molecular formula is C19H22F2N6O3. The number of benzene rings is 1. The molecule has 0 aliphatic carbocycles. The zero-order valence-corrected chi connectivity index (χ0v) is 16.4. The van der Waals surface area contributed by atoms with Crippen LogP contribution in [0, 0.1) is 5.82 Å². The predicted molar refractivity (Wildman–Crippen MR) is 103 cm³/mol.